The van der Waals surface area contributed by atoms with E-state index >= 15 is 0 Å². The smallest absolute Gasteiger partial charge is 0.337 e. The molecule has 3 aromatic carbocycles. The van der Waals surface area contributed by atoms with Crippen molar-refractivity contribution < 1.29 is 29.0 Å². The molecule has 2 aliphatic heterocycles. The summed E-state index contributed by atoms with van der Waals surface area (Å²) in [5.74, 6) is -1.43. The SMILES string of the molecule is COC(=O)c1ccc([C@@H]2C(=C(O)c3ccc4c(c3)C[C@H](C)O4)C(=O)C(=O)N2Cc2ccccc2)cc1. The number of Topliss-reactive ketones (excluding diaryl/α,β-unsaturated/α-hetero) is 1. The molecule has 0 bridgehead atoms. The molecule has 2 atom stereocenters. The predicted octanol–water partition coefficient (Wildman–Crippen LogP) is 4.42. The molecule has 3 aromatic rings. The maximum absolute atomic E-state index is 13.3. The predicted molar refractivity (Wildman–Crippen MR) is 132 cm³/mol. The zero-order valence-corrected chi connectivity index (χ0v) is 19.9. The molecule has 1 fully saturated rings. The van der Waals surface area contributed by atoms with E-state index < -0.39 is 23.7 Å². The number of ether oxygens (including phenoxy) is 2. The van der Waals surface area contributed by atoms with Crippen LogP contribution in [0.2, 0.25) is 0 Å². The number of ketones is 1. The summed E-state index contributed by atoms with van der Waals surface area (Å²) in [4.78, 5) is 39.9. The number of esters is 1. The van der Waals surface area contributed by atoms with Gasteiger partial charge in [-0.3, -0.25) is 9.59 Å². The quantitative estimate of drug-likeness (QED) is 0.250. The number of hydrogen-bond donors (Lipinski definition) is 1. The average Bonchev–Trinajstić information content (AvgIpc) is 3.39. The molecule has 5 rings (SSSR count). The van der Waals surface area contributed by atoms with Crippen molar-refractivity contribution in [1.29, 1.82) is 0 Å². The summed E-state index contributed by atoms with van der Waals surface area (Å²) in [7, 11) is 1.30. The van der Waals surface area contributed by atoms with E-state index in [-0.39, 0.29) is 24.0 Å². The Labute approximate surface area is 208 Å². The lowest BCUT2D eigenvalue weighted by Gasteiger charge is -2.25. The van der Waals surface area contributed by atoms with Gasteiger partial charge in [-0.2, -0.15) is 0 Å². The van der Waals surface area contributed by atoms with Crippen LogP contribution in [0.15, 0.2) is 78.4 Å². The highest BCUT2D eigenvalue weighted by Crippen LogP contribution is 2.41. The van der Waals surface area contributed by atoms with Crippen molar-refractivity contribution in [3.05, 3.63) is 106 Å². The van der Waals surface area contributed by atoms with Gasteiger partial charge in [0.1, 0.15) is 17.6 Å². The Bertz CT molecular complexity index is 1380. The van der Waals surface area contributed by atoms with Gasteiger partial charge in [0.2, 0.25) is 0 Å². The summed E-state index contributed by atoms with van der Waals surface area (Å²) in [5.41, 5.74) is 3.17. The maximum atomic E-state index is 13.3. The second-order valence-corrected chi connectivity index (χ2v) is 8.98. The van der Waals surface area contributed by atoms with E-state index in [1.807, 2.05) is 37.3 Å². The number of benzene rings is 3. The molecule has 1 amide bonds. The number of rotatable bonds is 5. The van der Waals surface area contributed by atoms with E-state index in [0.29, 0.717) is 23.1 Å². The van der Waals surface area contributed by atoms with Crippen molar-refractivity contribution in [3.8, 4) is 5.75 Å². The molecule has 0 unspecified atom stereocenters. The molecular weight excluding hydrogens is 458 g/mol. The van der Waals surface area contributed by atoms with Crippen molar-refractivity contribution in [2.75, 3.05) is 7.11 Å². The highest BCUT2D eigenvalue weighted by Gasteiger charge is 2.46. The molecule has 182 valence electrons. The Morgan fingerprint density at radius 3 is 2.42 bits per heavy atom. The number of fused-ring (bicyclic) bond motifs is 1. The third-order valence-electron chi connectivity index (χ3n) is 6.55. The van der Waals surface area contributed by atoms with E-state index in [1.54, 1.807) is 42.5 Å². The molecule has 7 heteroatoms. The van der Waals surface area contributed by atoms with Gasteiger partial charge in [-0.25, -0.2) is 4.79 Å². The first-order chi connectivity index (χ1) is 17.4. The largest absolute Gasteiger partial charge is 0.507 e. The number of amides is 1. The van der Waals surface area contributed by atoms with Crippen LogP contribution in [0, 0.1) is 0 Å². The average molecular weight is 484 g/mol. The molecule has 36 heavy (non-hydrogen) atoms. The molecule has 0 spiro atoms. The van der Waals surface area contributed by atoms with Gasteiger partial charge in [0, 0.05) is 18.5 Å². The normalized spacial score (nSPS) is 20.2. The number of carbonyl (C=O) groups is 3. The Morgan fingerprint density at radius 1 is 1.03 bits per heavy atom. The Hall–Kier alpha value is -4.39. The fourth-order valence-electron chi connectivity index (χ4n) is 4.81. The van der Waals surface area contributed by atoms with E-state index in [0.717, 1.165) is 16.9 Å². The molecule has 0 saturated carbocycles. The Balaban J connectivity index is 1.62. The monoisotopic (exact) mass is 483 g/mol. The van der Waals surface area contributed by atoms with E-state index in [9.17, 15) is 19.5 Å². The summed E-state index contributed by atoms with van der Waals surface area (Å²) in [5, 5.41) is 11.4. The van der Waals surface area contributed by atoms with Gasteiger partial charge in [0.15, 0.2) is 0 Å². The summed E-state index contributed by atoms with van der Waals surface area (Å²) in [6.07, 6.45) is 0.721. The standard InChI is InChI=1S/C29H25NO6/c1-17-14-22-15-21(12-13-23(22)36-17)26(31)24-25(19-8-10-20(11-9-19)29(34)35-2)30(28(33)27(24)32)16-18-6-4-3-5-7-18/h3-13,15,17,25,31H,14,16H2,1-2H3/t17-,25+/m0/s1. The summed E-state index contributed by atoms with van der Waals surface area (Å²) in [6, 6.07) is 20.3. The second-order valence-electron chi connectivity index (χ2n) is 8.98. The van der Waals surface area contributed by atoms with Gasteiger partial charge < -0.3 is 19.5 Å². The van der Waals surface area contributed by atoms with Crippen molar-refractivity contribution in [3.63, 3.8) is 0 Å². The van der Waals surface area contributed by atoms with E-state index in [1.165, 1.54) is 12.0 Å². The van der Waals surface area contributed by atoms with Gasteiger partial charge in [-0.05, 0) is 53.9 Å². The first-order valence-corrected chi connectivity index (χ1v) is 11.7. The van der Waals surface area contributed by atoms with Gasteiger partial charge in [-0.1, -0.05) is 42.5 Å². The topological polar surface area (TPSA) is 93.1 Å². The van der Waals surface area contributed by atoms with Crippen LogP contribution in [0.1, 0.15) is 45.6 Å². The number of likely N-dealkylation sites (tertiary alicyclic amines) is 1. The highest BCUT2D eigenvalue weighted by molar-refractivity contribution is 6.46. The molecule has 1 N–H and O–H groups in total. The van der Waals surface area contributed by atoms with Gasteiger partial charge in [0.25, 0.3) is 11.7 Å². The molecular formula is C29H25NO6. The molecule has 7 nitrogen and oxygen atoms in total. The Kier molecular flexibility index (Phi) is 6.06. The number of carbonyl (C=O) groups excluding carboxylic acids is 3. The van der Waals surface area contributed by atoms with Crippen LogP contribution in [0.25, 0.3) is 5.76 Å². The first-order valence-electron chi connectivity index (χ1n) is 11.7. The molecule has 2 heterocycles. The number of aliphatic hydroxyl groups excluding tert-OH is 1. The molecule has 1 saturated heterocycles. The number of aliphatic hydroxyl groups is 1. The minimum Gasteiger partial charge on any atom is -0.507 e. The minimum atomic E-state index is -0.833. The molecule has 0 aromatic heterocycles. The Morgan fingerprint density at radius 2 is 1.72 bits per heavy atom. The van der Waals surface area contributed by atoms with Crippen LogP contribution in [0.4, 0.5) is 0 Å². The highest BCUT2D eigenvalue weighted by atomic mass is 16.5. The lowest BCUT2D eigenvalue weighted by molar-refractivity contribution is -0.140. The van der Waals surface area contributed by atoms with E-state index in [2.05, 4.69) is 0 Å². The van der Waals surface area contributed by atoms with Crippen LogP contribution in [0.3, 0.4) is 0 Å². The summed E-state index contributed by atoms with van der Waals surface area (Å²) >= 11 is 0. The third kappa shape index (κ3) is 4.13. The van der Waals surface area contributed by atoms with E-state index in [4.69, 9.17) is 9.47 Å². The van der Waals surface area contributed by atoms with Gasteiger partial charge >= 0.3 is 5.97 Å². The fourth-order valence-corrected chi connectivity index (χ4v) is 4.81. The zero-order chi connectivity index (χ0) is 25.4. The van der Waals surface area contributed by atoms with Crippen LogP contribution in [0.5, 0.6) is 5.75 Å². The number of nitrogens with zero attached hydrogens (tertiary/aromatic N) is 1. The molecule has 0 aliphatic carbocycles. The second kappa shape index (κ2) is 9.34. The van der Waals surface area contributed by atoms with Crippen LogP contribution >= 0.6 is 0 Å². The molecule has 2 aliphatic rings. The van der Waals surface area contributed by atoms with Gasteiger partial charge in [0.05, 0.1) is 24.3 Å². The summed E-state index contributed by atoms with van der Waals surface area (Å²) in [6.45, 7) is 2.15. The lowest BCUT2D eigenvalue weighted by Crippen LogP contribution is -2.29. The summed E-state index contributed by atoms with van der Waals surface area (Å²) < 4.78 is 10.5. The van der Waals surface area contributed by atoms with Crippen molar-refractivity contribution in [1.82, 2.24) is 4.90 Å². The van der Waals surface area contributed by atoms with Crippen molar-refractivity contribution >= 4 is 23.4 Å². The number of methoxy groups -OCH3 is 1. The third-order valence-corrected chi connectivity index (χ3v) is 6.55. The van der Waals surface area contributed by atoms with Crippen molar-refractivity contribution in [2.24, 2.45) is 0 Å². The van der Waals surface area contributed by atoms with Crippen molar-refractivity contribution in [2.45, 2.75) is 32.0 Å². The minimum absolute atomic E-state index is 0.00802. The number of hydrogen-bond acceptors (Lipinski definition) is 6. The van der Waals surface area contributed by atoms with Crippen LogP contribution < -0.4 is 4.74 Å². The first kappa shape index (κ1) is 23.4. The fraction of sp³-hybridized carbons (Fsp3) is 0.207. The maximum Gasteiger partial charge on any atom is 0.337 e. The zero-order valence-electron chi connectivity index (χ0n) is 19.9. The van der Waals surface area contributed by atoms with Gasteiger partial charge in [-0.15, -0.1) is 0 Å². The molecule has 0 radical (unpaired) electrons. The lowest BCUT2D eigenvalue weighted by atomic mass is 9.93. The van der Waals surface area contributed by atoms with Crippen LogP contribution in [-0.2, 0) is 27.3 Å². The van der Waals surface area contributed by atoms with Crippen LogP contribution in [-0.4, -0.2) is 40.9 Å².